The molecule has 4 aromatic carbocycles. The van der Waals surface area contributed by atoms with Gasteiger partial charge in [0.25, 0.3) is 5.91 Å². The number of β-amino-alcohol motifs (C(OH)–C–C–N with tert-alkyl or cyclic N) is 1. The smallest absolute Gasteiger partial charge is 0.355 e. The number of thiazole rings is 2. The maximum Gasteiger partial charge on any atom is 0.355 e. The summed E-state index contributed by atoms with van der Waals surface area (Å²) in [6.07, 6.45) is 1.86. The number of carbonyl (C=O) groups excluding carboxylic acids is 4. The number of likely N-dealkylation sites (tertiary alicyclic amines) is 1. The van der Waals surface area contributed by atoms with Crippen molar-refractivity contribution < 1.29 is 38.9 Å². The number of benzene rings is 4. The van der Waals surface area contributed by atoms with Crippen molar-refractivity contribution >= 4 is 73.4 Å². The van der Waals surface area contributed by atoms with Crippen molar-refractivity contribution in [2.45, 2.75) is 111 Å². The molecular weight excluding hydrogens is 1010 g/mol. The van der Waals surface area contributed by atoms with Gasteiger partial charge < -0.3 is 35.4 Å². The molecule has 4 atom stereocenters. The van der Waals surface area contributed by atoms with Gasteiger partial charge >= 0.3 is 5.97 Å². The molecule has 16 nitrogen and oxygen atoms in total. The molecule has 77 heavy (non-hydrogen) atoms. The van der Waals surface area contributed by atoms with Crippen molar-refractivity contribution in [3.8, 4) is 27.3 Å². The molecule has 400 valence electrons. The second-order valence-electron chi connectivity index (χ2n) is 20.9. The number of hydrogen-bond acceptors (Lipinski definition) is 13. The number of anilines is 2. The third-order valence-electron chi connectivity index (χ3n) is 14.4. The van der Waals surface area contributed by atoms with E-state index in [9.17, 15) is 34.2 Å². The number of para-hydroxylation sites is 1. The van der Waals surface area contributed by atoms with E-state index >= 15 is 0 Å². The summed E-state index contributed by atoms with van der Waals surface area (Å²) in [5.41, 5.74) is 9.05. The molecule has 2 aliphatic heterocycles. The lowest BCUT2D eigenvalue weighted by atomic mass is 9.85. The Morgan fingerprint density at radius 3 is 2.39 bits per heavy atom. The molecule has 4 amide bonds. The standard InChI is InChI=1S/C59H64N8O8S2/c1-34-41(42-25-26-49(63-51(42)57(73)74)66-28-27-38-14-12-16-43(44(38)32-66)54(70)65-58-62-45-17-9-10-19-48(45)77-58)15-13-18-47(34)75-29-11-7-8-20-50(69)64-53(59(4,5)6)56(72)67-31-40(68)30-46(67)55(71)61-35(2)37-21-23-39(24-22-37)52-36(3)60-33-76-52/h9-10,12-19,21-26,33,35,40,46,53,68H,7-8,11,20,27-32H2,1-6H3,(H,61,71)(H,64,69)(H,73,74)(H,62,65,70)/t35-,40+,46-,53?/m0/s1. The summed E-state index contributed by atoms with van der Waals surface area (Å²) in [5.74, 6) is -1.42. The highest BCUT2D eigenvalue weighted by molar-refractivity contribution is 7.22. The molecule has 2 aliphatic rings. The molecule has 3 aromatic heterocycles. The predicted octanol–water partition coefficient (Wildman–Crippen LogP) is 9.92. The number of rotatable bonds is 18. The van der Waals surface area contributed by atoms with Crippen LogP contribution in [-0.4, -0.2) is 97.5 Å². The van der Waals surface area contributed by atoms with Crippen LogP contribution in [-0.2, 0) is 27.3 Å². The van der Waals surface area contributed by atoms with E-state index < -0.39 is 35.5 Å². The lowest BCUT2D eigenvalue weighted by Gasteiger charge is -2.35. The monoisotopic (exact) mass is 1080 g/mol. The SMILES string of the molecule is Cc1ncsc1-c1ccc([C@H](C)NC(=O)[C@@H]2C[C@@H](O)CN2C(=O)C(NC(=O)CCCCCOc2cccc(-c3ccc(N4CCc5cccc(C(=O)Nc6nc7ccccc7s6)c5C4)nc3C(=O)O)c2C)C(C)(C)C)cc1. The molecule has 0 spiro atoms. The van der Waals surface area contributed by atoms with E-state index in [1.54, 1.807) is 23.5 Å². The van der Waals surface area contributed by atoms with Gasteiger partial charge in [-0.3, -0.25) is 24.5 Å². The Morgan fingerprint density at radius 2 is 1.65 bits per heavy atom. The van der Waals surface area contributed by atoms with Gasteiger partial charge in [-0.05, 0) is 122 Å². The molecule has 1 fully saturated rings. The molecule has 5 heterocycles. The highest BCUT2D eigenvalue weighted by Crippen LogP contribution is 2.36. The number of aromatic carboxylic acids is 1. The Morgan fingerprint density at radius 1 is 0.870 bits per heavy atom. The first-order valence-electron chi connectivity index (χ1n) is 26.0. The number of aromatic nitrogens is 3. The first kappa shape index (κ1) is 54.3. The highest BCUT2D eigenvalue weighted by Gasteiger charge is 2.45. The maximum atomic E-state index is 14.2. The minimum absolute atomic E-state index is 0.0180. The summed E-state index contributed by atoms with van der Waals surface area (Å²) in [6, 6.07) is 28.3. The van der Waals surface area contributed by atoms with E-state index in [4.69, 9.17) is 9.72 Å². The number of aliphatic hydroxyl groups is 1. The van der Waals surface area contributed by atoms with Crippen LogP contribution in [0.3, 0.4) is 0 Å². The number of amides is 4. The fourth-order valence-electron chi connectivity index (χ4n) is 10.1. The Balaban J connectivity index is 0.767. The van der Waals surface area contributed by atoms with Gasteiger partial charge in [0.2, 0.25) is 17.7 Å². The van der Waals surface area contributed by atoms with E-state index in [0.717, 1.165) is 48.6 Å². The Kier molecular flexibility index (Phi) is 16.5. The van der Waals surface area contributed by atoms with E-state index in [0.29, 0.717) is 78.8 Å². The summed E-state index contributed by atoms with van der Waals surface area (Å²) < 4.78 is 7.21. The number of unbranched alkanes of at least 4 members (excludes halogenated alkanes) is 2. The molecule has 0 aliphatic carbocycles. The van der Waals surface area contributed by atoms with E-state index in [2.05, 4.69) is 25.9 Å². The minimum Gasteiger partial charge on any atom is -0.493 e. The molecule has 9 rings (SSSR count). The summed E-state index contributed by atoms with van der Waals surface area (Å²) >= 11 is 2.98. The van der Waals surface area contributed by atoms with Gasteiger partial charge in [-0.2, -0.15) is 0 Å². The average molecular weight is 1080 g/mol. The van der Waals surface area contributed by atoms with Gasteiger partial charge in [0.05, 0.1) is 45.1 Å². The van der Waals surface area contributed by atoms with Crippen LogP contribution >= 0.6 is 22.7 Å². The number of ether oxygens (including phenoxy) is 1. The lowest BCUT2D eigenvalue weighted by Crippen LogP contribution is -2.57. The largest absolute Gasteiger partial charge is 0.493 e. The summed E-state index contributed by atoms with van der Waals surface area (Å²) in [6.45, 7) is 12.6. The molecule has 1 unspecified atom stereocenters. The quantitative estimate of drug-likeness (QED) is 0.0508. The van der Waals surface area contributed by atoms with E-state index in [1.165, 1.54) is 16.2 Å². The molecule has 0 radical (unpaired) electrons. The van der Waals surface area contributed by atoms with Crippen molar-refractivity contribution in [1.29, 1.82) is 0 Å². The zero-order chi connectivity index (χ0) is 54.5. The van der Waals surface area contributed by atoms with Crippen molar-refractivity contribution in [3.05, 3.63) is 142 Å². The first-order chi connectivity index (χ1) is 36.9. The van der Waals surface area contributed by atoms with Crippen molar-refractivity contribution in [2.75, 3.05) is 29.9 Å². The highest BCUT2D eigenvalue weighted by atomic mass is 32.1. The van der Waals surface area contributed by atoms with Crippen molar-refractivity contribution in [3.63, 3.8) is 0 Å². The van der Waals surface area contributed by atoms with Crippen LogP contribution in [0.5, 0.6) is 5.75 Å². The number of carbonyl (C=O) groups is 5. The third kappa shape index (κ3) is 12.4. The van der Waals surface area contributed by atoms with Crippen LogP contribution < -0.4 is 25.6 Å². The Hall–Kier alpha value is -7.54. The fraction of sp³-hybridized carbons (Fsp3) is 0.356. The van der Waals surface area contributed by atoms with Crippen molar-refractivity contribution in [1.82, 2.24) is 30.5 Å². The van der Waals surface area contributed by atoms with Gasteiger partial charge in [0, 0.05) is 43.6 Å². The number of carboxylic acid groups (broad SMARTS) is 1. The molecule has 0 bridgehead atoms. The van der Waals surface area contributed by atoms with Crippen LogP contribution in [0.1, 0.15) is 115 Å². The third-order valence-corrected chi connectivity index (χ3v) is 16.3. The van der Waals surface area contributed by atoms with Crippen molar-refractivity contribution in [2.24, 2.45) is 5.41 Å². The first-order valence-corrected chi connectivity index (χ1v) is 27.7. The van der Waals surface area contributed by atoms with Gasteiger partial charge in [-0.25, -0.2) is 19.7 Å². The molecular formula is C59H64N8O8S2. The number of aryl methyl sites for hydroxylation is 1. The maximum absolute atomic E-state index is 14.2. The number of carboxylic acids is 1. The number of hydrogen-bond donors (Lipinski definition) is 5. The number of fused-ring (bicyclic) bond motifs is 2. The van der Waals surface area contributed by atoms with Crippen LogP contribution in [0.2, 0.25) is 0 Å². The number of nitrogens with one attached hydrogen (secondary N) is 3. The minimum atomic E-state index is -1.17. The van der Waals surface area contributed by atoms with Gasteiger partial charge in [-0.1, -0.05) is 92.8 Å². The summed E-state index contributed by atoms with van der Waals surface area (Å²) in [4.78, 5) is 86.0. The normalized spacial score (nSPS) is 16.1. The van der Waals surface area contributed by atoms with Crippen LogP contribution in [0.25, 0.3) is 31.8 Å². The number of aliphatic hydroxyl groups excluding tert-OH is 1. The fourth-order valence-corrected chi connectivity index (χ4v) is 11.8. The molecule has 0 saturated carbocycles. The van der Waals surface area contributed by atoms with E-state index in [1.807, 2.05) is 137 Å². The molecule has 1 saturated heterocycles. The number of pyridine rings is 1. The number of nitrogens with zero attached hydrogens (tertiary/aromatic N) is 5. The van der Waals surface area contributed by atoms with Crippen LogP contribution in [0.4, 0.5) is 10.9 Å². The van der Waals surface area contributed by atoms with Gasteiger partial charge in [0.1, 0.15) is 23.7 Å². The van der Waals surface area contributed by atoms with Crippen LogP contribution in [0.15, 0.2) is 103 Å². The van der Waals surface area contributed by atoms with Gasteiger partial charge in [-0.15, -0.1) is 11.3 Å². The second-order valence-corrected chi connectivity index (χ2v) is 22.8. The average Bonchev–Trinajstić information content (AvgIpc) is 4.18. The molecule has 7 aromatic rings. The second kappa shape index (κ2) is 23.4. The Bertz CT molecular complexity index is 3300. The lowest BCUT2D eigenvalue weighted by molar-refractivity contribution is -0.144. The van der Waals surface area contributed by atoms with E-state index in [-0.39, 0.29) is 48.8 Å². The predicted molar refractivity (Wildman–Crippen MR) is 300 cm³/mol. The van der Waals surface area contributed by atoms with Gasteiger partial charge in [0.15, 0.2) is 10.8 Å². The molecule has 18 heteroatoms. The van der Waals surface area contributed by atoms with Crippen LogP contribution in [0, 0.1) is 19.3 Å². The summed E-state index contributed by atoms with van der Waals surface area (Å²) in [5, 5.41) is 30.7. The zero-order valence-electron chi connectivity index (χ0n) is 44.1. The zero-order valence-corrected chi connectivity index (χ0v) is 45.7. The Labute approximate surface area is 455 Å². The molecule has 5 N–H and O–H groups in total. The summed E-state index contributed by atoms with van der Waals surface area (Å²) in [7, 11) is 0. The topological polar surface area (TPSA) is 216 Å².